The minimum absolute atomic E-state index is 0.0460. The first-order valence-electron chi connectivity index (χ1n) is 8.04. The predicted molar refractivity (Wildman–Crippen MR) is 91.6 cm³/mol. The van der Waals surface area contributed by atoms with Crippen molar-refractivity contribution in [2.45, 2.75) is 37.7 Å². The summed E-state index contributed by atoms with van der Waals surface area (Å²) in [6.07, 6.45) is -5.26. The number of thiazole rings is 1. The van der Waals surface area contributed by atoms with Crippen LogP contribution in [0.5, 0.6) is 0 Å². The van der Waals surface area contributed by atoms with E-state index in [1.165, 1.54) is 23.5 Å². The van der Waals surface area contributed by atoms with E-state index in [1.54, 1.807) is 17.6 Å². The van der Waals surface area contributed by atoms with E-state index in [0.717, 1.165) is 16.1 Å². The Morgan fingerprint density at radius 2 is 2.08 bits per heavy atom. The molecule has 3 atom stereocenters. The van der Waals surface area contributed by atoms with E-state index in [4.69, 9.17) is 0 Å². The molecule has 2 heterocycles. The van der Waals surface area contributed by atoms with Gasteiger partial charge in [-0.25, -0.2) is 4.98 Å². The molecule has 1 amide bonds. The Balaban J connectivity index is 1.80. The summed E-state index contributed by atoms with van der Waals surface area (Å²) in [5.74, 6) is -0.772. The fraction of sp³-hybridized carbons (Fsp3) is 0.412. The number of halogens is 3. The van der Waals surface area contributed by atoms with Crippen LogP contribution < -0.4 is 10.6 Å². The van der Waals surface area contributed by atoms with Crippen LogP contribution in [0, 0.1) is 6.92 Å². The number of carbonyl (C=O) groups excluding carboxylic acids is 1. The molecule has 1 aromatic heterocycles. The molecule has 1 aliphatic heterocycles. The zero-order valence-corrected chi connectivity index (χ0v) is 14.7. The smallest absolute Gasteiger partial charge is 0.392 e. The predicted octanol–water partition coefficient (Wildman–Crippen LogP) is 2.56. The van der Waals surface area contributed by atoms with Crippen LogP contribution in [0.25, 0.3) is 10.4 Å². The molecule has 0 spiro atoms. The van der Waals surface area contributed by atoms with Gasteiger partial charge in [-0.3, -0.25) is 4.79 Å². The Kier molecular flexibility index (Phi) is 5.31. The molecule has 1 aromatic carbocycles. The van der Waals surface area contributed by atoms with Crippen LogP contribution in [0.2, 0.25) is 0 Å². The molecule has 0 saturated carbocycles. The third-order valence-corrected chi connectivity index (χ3v) is 5.27. The van der Waals surface area contributed by atoms with Gasteiger partial charge in [0.05, 0.1) is 28.2 Å². The number of hydrogen-bond donors (Lipinski definition) is 3. The van der Waals surface area contributed by atoms with Crippen molar-refractivity contribution in [2.24, 2.45) is 0 Å². The van der Waals surface area contributed by atoms with E-state index < -0.39 is 30.3 Å². The van der Waals surface area contributed by atoms with Crippen LogP contribution in [0.1, 0.15) is 23.7 Å². The largest absolute Gasteiger partial charge is 0.412 e. The van der Waals surface area contributed by atoms with Crippen LogP contribution in [0.3, 0.4) is 0 Å². The van der Waals surface area contributed by atoms with Crippen molar-refractivity contribution in [1.29, 1.82) is 0 Å². The van der Waals surface area contributed by atoms with Crippen molar-refractivity contribution >= 4 is 17.2 Å². The molecule has 5 nitrogen and oxygen atoms in total. The van der Waals surface area contributed by atoms with E-state index >= 15 is 0 Å². The van der Waals surface area contributed by atoms with Gasteiger partial charge in [0.25, 0.3) is 0 Å². The highest BCUT2D eigenvalue weighted by atomic mass is 32.1. The first-order valence-corrected chi connectivity index (χ1v) is 8.92. The number of β-amino-alcohol motifs (C(OH)–C–C–N with tert-alkyl or cyclic N) is 1. The highest BCUT2D eigenvalue weighted by Gasteiger charge is 2.43. The normalized spacial score (nSPS) is 21.6. The zero-order chi connectivity index (χ0) is 18.9. The number of benzene rings is 1. The molecule has 3 rings (SSSR count). The third kappa shape index (κ3) is 4.05. The van der Waals surface area contributed by atoms with Gasteiger partial charge in [0.2, 0.25) is 5.91 Å². The number of aromatic nitrogens is 1. The van der Waals surface area contributed by atoms with Gasteiger partial charge < -0.3 is 15.7 Å². The highest BCUT2D eigenvalue weighted by Crippen LogP contribution is 2.35. The van der Waals surface area contributed by atoms with Gasteiger partial charge in [-0.1, -0.05) is 24.3 Å². The average molecular weight is 385 g/mol. The lowest BCUT2D eigenvalue weighted by atomic mass is 10.0. The van der Waals surface area contributed by atoms with Gasteiger partial charge in [0.1, 0.15) is 0 Å². The summed E-state index contributed by atoms with van der Waals surface area (Å²) in [4.78, 5) is 17.2. The molecule has 0 aliphatic carbocycles. The van der Waals surface area contributed by atoms with E-state index in [2.05, 4.69) is 15.6 Å². The van der Waals surface area contributed by atoms with Gasteiger partial charge in [-0.15, -0.1) is 11.3 Å². The highest BCUT2D eigenvalue weighted by molar-refractivity contribution is 7.13. The lowest BCUT2D eigenvalue weighted by Crippen LogP contribution is -2.46. The number of amides is 1. The number of rotatable bonds is 4. The van der Waals surface area contributed by atoms with Crippen LogP contribution in [-0.2, 0) is 4.79 Å². The number of aryl methyl sites for hydroxylation is 1. The van der Waals surface area contributed by atoms with Gasteiger partial charge in [0, 0.05) is 6.54 Å². The fourth-order valence-corrected chi connectivity index (χ4v) is 3.73. The SMILES string of the molecule is Cc1ncsc1-c1ccc(C(NC(=O)[C@@H]2C[C@@H](O)CN2)C(F)(F)F)cc1. The number of nitrogens with one attached hydrogen (secondary N) is 2. The Labute approximate surface area is 152 Å². The van der Waals surface area contributed by atoms with Gasteiger partial charge >= 0.3 is 6.18 Å². The minimum Gasteiger partial charge on any atom is -0.392 e. The number of carbonyl (C=O) groups is 1. The molecule has 2 aromatic rings. The summed E-state index contributed by atoms with van der Waals surface area (Å²) in [7, 11) is 0. The van der Waals surface area contributed by atoms with E-state index in [0.29, 0.717) is 0 Å². The lowest BCUT2D eigenvalue weighted by molar-refractivity contribution is -0.164. The third-order valence-electron chi connectivity index (χ3n) is 4.29. The van der Waals surface area contributed by atoms with Gasteiger partial charge in [0.15, 0.2) is 6.04 Å². The zero-order valence-electron chi connectivity index (χ0n) is 13.9. The summed E-state index contributed by atoms with van der Waals surface area (Å²) in [5.41, 5.74) is 3.23. The second kappa shape index (κ2) is 7.34. The second-order valence-corrected chi connectivity index (χ2v) is 7.08. The molecule has 1 aliphatic rings. The maximum Gasteiger partial charge on any atom is 0.412 e. The second-order valence-electron chi connectivity index (χ2n) is 6.22. The van der Waals surface area contributed by atoms with E-state index in [-0.39, 0.29) is 18.5 Å². The number of alkyl halides is 3. The number of nitrogens with zero attached hydrogens (tertiary/aromatic N) is 1. The van der Waals surface area contributed by atoms with Crippen molar-refractivity contribution < 1.29 is 23.1 Å². The van der Waals surface area contributed by atoms with Crippen LogP contribution in [-0.4, -0.2) is 40.9 Å². The number of aliphatic hydroxyl groups excluding tert-OH is 1. The van der Waals surface area contributed by atoms with E-state index in [1.807, 2.05) is 6.92 Å². The maximum absolute atomic E-state index is 13.5. The summed E-state index contributed by atoms with van der Waals surface area (Å²) in [6.45, 7) is 2.03. The van der Waals surface area contributed by atoms with Crippen molar-refractivity contribution in [3.63, 3.8) is 0 Å². The van der Waals surface area contributed by atoms with Crippen molar-refractivity contribution in [2.75, 3.05) is 6.54 Å². The molecule has 0 bridgehead atoms. The van der Waals surface area contributed by atoms with Crippen molar-refractivity contribution in [3.8, 4) is 10.4 Å². The molecule has 1 saturated heterocycles. The molecule has 26 heavy (non-hydrogen) atoms. The molecular weight excluding hydrogens is 367 g/mol. The minimum atomic E-state index is -4.63. The van der Waals surface area contributed by atoms with Gasteiger partial charge in [-0.2, -0.15) is 13.2 Å². The van der Waals surface area contributed by atoms with Crippen LogP contribution in [0.15, 0.2) is 29.8 Å². The maximum atomic E-state index is 13.5. The first-order chi connectivity index (χ1) is 12.3. The summed E-state index contributed by atoms with van der Waals surface area (Å²) in [6, 6.07) is 2.99. The molecular formula is C17H18F3N3O2S. The number of hydrogen-bond acceptors (Lipinski definition) is 5. The summed E-state index contributed by atoms with van der Waals surface area (Å²) >= 11 is 1.42. The first kappa shape index (κ1) is 18.8. The standard InChI is InChI=1S/C17H18F3N3O2S/c1-9-14(26-8-22-9)10-2-4-11(5-3-10)15(17(18,19)20)23-16(25)13-6-12(24)7-21-13/h2-5,8,12-13,15,21,24H,6-7H2,1H3,(H,23,25)/t12-,13+,15?/m1/s1. The Hall–Kier alpha value is -1.97. The Morgan fingerprint density at radius 1 is 1.38 bits per heavy atom. The fourth-order valence-electron chi connectivity index (χ4n) is 2.92. The topological polar surface area (TPSA) is 74.2 Å². The Bertz CT molecular complexity index is 776. The van der Waals surface area contributed by atoms with Crippen molar-refractivity contribution in [1.82, 2.24) is 15.6 Å². The monoisotopic (exact) mass is 385 g/mol. The molecule has 9 heteroatoms. The Morgan fingerprint density at radius 3 is 2.58 bits per heavy atom. The van der Waals surface area contributed by atoms with Crippen molar-refractivity contribution in [3.05, 3.63) is 41.0 Å². The molecule has 0 radical (unpaired) electrons. The van der Waals surface area contributed by atoms with Crippen LogP contribution in [0.4, 0.5) is 13.2 Å². The quantitative estimate of drug-likeness (QED) is 0.756. The van der Waals surface area contributed by atoms with Gasteiger partial charge in [-0.05, 0) is 24.5 Å². The lowest BCUT2D eigenvalue weighted by Gasteiger charge is -2.24. The number of aliphatic hydroxyl groups is 1. The molecule has 3 N–H and O–H groups in total. The molecule has 1 unspecified atom stereocenters. The van der Waals surface area contributed by atoms with E-state index in [9.17, 15) is 23.1 Å². The molecule has 140 valence electrons. The average Bonchev–Trinajstić information content (AvgIpc) is 3.20. The summed E-state index contributed by atoms with van der Waals surface area (Å²) < 4.78 is 40.4. The summed E-state index contributed by atoms with van der Waals surface area (Å²) in [5, 5.41) is 14.2. The van der Waals surface area contributed by atoms with Crippen LogP contribution >= 0.6 is 11.3 Å². The molecule has 1 fully saturated rings.